The van der Waals surface area contributed by atoms with Crippen molar-refractivity contribution in [2.24, 2.45) is 10.9 Å². The number of halogens is 1. The molecule has 0 amide bonds. The number of nitrogens with one attached hydrogen (secondary N) is 1. The Balaban J connectivity index is 0.00000364. The molecule has 0 aromatic heterocycles. The van der Waals surface area contributed by atoms with Gasteiger partial charge in [0.1, 0.15) is 0 Å². The number of hydrogen-bond acceptors (Lipinski definition) is 3. The fourth-order valence-electron chi connectivity index (χ4n) is 3.37. The van der Waals surface area contributed by atoms with E-state index in [0.717, 1.165) is 43.6 Å². The van der Waals surface area contributed by atoms with Crippen LogP contribution >= 0.6 is 24.0 Å². The van der Waals surface area contributed by atoms with E-state index in [-0.39, 0.29) is 24.0 Å². The second-order valence-corrected chi connectivity index (χ2v) is 8.26. The smallest absolute Gasteiger partial charge is 0.193 e. The molecule has 27 heavy (non-hydrogen) atoms. The predicted molar refractivity (Wildman–Crippen MR) is 127 cm³/mol. The predicted octanol–water partition coefficient (Wildman–Crippen LogP) is 3.04. The van der Waals surface area contributed by atoms with Crippen LogP contribution in [0.1, 0.15) is 27.2 Å². The Morgan fingerprint density at radius 3 is 2.59 bits per heavy atom. The minimum atomic E-state index is -0.983. The maximum atomic E-state index is 12.3. The van der Waals surface area contributed by atoms with Gasteiger partial charge in [0.15, 0.2) is 5.96 Å². The molecule has 1 aromatic carbocycles. The molecule has 0 spiro atoms. The van der Waals surface area contributed by atoms with Crippen LogP contribution in [0.3, 0.4) is 0 Å². The average molecular weight is 506 g/mol. The van der Waals surface area contributed by atoms with Crippen molar-refractivity contribution in [1.29, 1.82) is 0 Å². The second-order valence-electron chi connectivity index (χ2n) is 6.68. The molecule has 0 radical (unpaired) electrons. The molecule has 1 aromatic rings. The van der Waals surface area contributed by atoms with Gasteiger partial charge in [-0.1, -0.05) is 32.0 Å². The van der Waals surface area contributed by atoms with Gasteiger partial charge in [0.2, 0.25) is 0 Å². The minimum absolute atomic E-state index is 0. The van der Waals surface area contributed by atoms with Gasteiger partial charge in [-0.15, -0.1) is 24.0 Å². The van der Waals surface area contributed by atoms with Gasteiger partial charge in [0, 0.05) is 36.8 Å². The number of likely N-dealkylation sites (tertiary alicyclic amines) is 1. The standard InChI is InChI=1S/C20H34N4OS.HI/c1-4-21-20(22-13-15-26(25)19-10-8-7-9-11-19)24-14-12-18(17-24)16-23(5-2)6-3;/h7-11,18H,4-6,12-17H2,1-3H3,(H,21,22);1H. The van der Waals surface area contributed by atoms with Crippen LogP contribution < -0.4 is 5.32 Å². The van der Waals surface area contributed by atoms with Crippen molar-refractivity contribution in [1.82, 2.24) is 15.1 Å². The van der Waals surface area contributed by atoms with Crippen LogP contribution in [0.25, 0.3) is 0 Å². The fourth-order valence-corrected chi connectivity index (χ4v) is 4.32. The summed E-state index contributed by atoms with van der Waals surface area (Å²) in [6.07, 6.45) is 1.22. The number of nitrogens with zero attached hydrogens (tertiary/aromatic N) is 3. The Labute approximate surface area is 184 Å². The van der Waals surface area contributed by atoms with E-state index in [4.69, 9.17) is 4.99 Å². The maximum Gasteiger partial charge on any atom is 0.193 e. The van der Waals surface area contributed by atoms with Gasteiger partial charge in [-0.25, -0.2) is 0 Å². The average Bonchev–Trinajstić information content (AvgIpc) is 3.14. The number of benzene rings is 1. The highest BCUT2D eigenvalue weighted by atomic mass is 127. The highest BCUT2D eigenvalue weighted by Gasteiger charge is 2.25. The molecule has 0 bridgehead atoms. The molecule has 0 aliphatic carbocycles. The molecule has 154 valence electrons. The summed E-state index contributed by atoms with van der Waals surface area (Å²) in [5.41, 5.74) is 0. The quantitative estimate of drug-likeness (QED) is 0.318. The molecule has 1 aliphatic rings. The molecule has 2 atom stereocenters. The van der Waals surface area contributed by atoms with E-state index in [1.807, 2.05) is 30.3 Å². The van der Waals surface area contributed by atoms with E-state index in [0.29, 0.717) is 18.2 Å². The number of hydrogen-bond donors (Lipinski definition) is 1. The summed E-state index contributed by atoms with van der Waals surface area (Å²) in [5, 5.41) is 3.40. The summed E-state index contributed by atoms with van der Waals surface area (Å²) in [6, 6.07) is 9.65. The third-order valence-corrected chi connectivity index (χ3v) is 6.23. The zero-order valence-corrected chi connectivity index (χ0v) is 20.0. The van der Waals surface area contributed by atoms with E-state index in [1.54, 1.807) is 0 Å². The second kappa shape index (κ2) is 13.5. The molecule has 1 fully saturated rings. The van der Waals surface area contributed by atoms with Gasteiger partial charge in [0.05, 0.1) is 17.3 Å². The summed E-state index contributed by atoms with van der Waals surface area (Å²) >= 11 is 0. The van der Waals surface area contributed by atoms with Crippen molar-refractivity contribution >= 4 is 40.7 Å². The fraction of sp³-hybridized carbons (Fsp3) is 0.650. The topological polar surface area (TPSA) is 47.9 Å². The molecule has 2 rings (SSSR count). The normalized spacial score (nSPS) is 18.4. The van der Waals surface area contributed by atoms with Crippen molar-refractivity contribution in [3.63, 3.8) is 0 Å². The van der Waals surface area contributed by atoms with Gasteiger partial charge in [-0.3, -0.25) is 9.20 Å². The Hall–Kier alpha value is -0.670. The highest BCUT2D eigenvalue weighted by molar-refractivity contribution is 14.0. The van der Waals surface area contributed by atoms with Crippen LogP contribution in [0.15, 0.2) is 40.2 Å². The first-order chi connectivity index (χ1) is 12.7. The van der Waals surface area contributed by atoms with Crippen LogP contribution in [-0.4, -0.2) is 71.5 Å². The number of rotatable bonds is 9. The summed E-state index contributed by atoms with van der Waals surface area (Å²) in [4.78, 5) is 10.5. The van der Waals surface area contributed by atoms with Crippen molar-refractivity contribution in [2.75, 3.05) is 51.6 Å². The Kier molecular flexibility index (Phi) is 12.2. The first kappa shape index (κ1) is 24.4. The Morgan fingerprint density at radius 1 is 1.26 bits per heavy atom. The third-order valence-electron chi connectivity index (χ3n) is 4.88. The zero-order chi connectivity index (χ0) is 18.8. The molecule has 7 heteroatoms. The van der Waals surface area contributed by atoms with Gasteiger partial charge in [-0.05, 0) is 44.5 Å². The first-order valence-corrected chi connectivity index (χ1v) is 11.2. The number of aliphatic imine (C=N–C) groups is 1. The molecule has 1 aliphatic heterocycles. The largest absolute Gasteiger partial charge is 0.357 e. The molecule has 0 saturated carbocycles. The van der Waals surface area contributed by atoms with E-state index in [2.05, 4.69) is 35.9 Å². The van der Waals surface area contributed by atoms with Crippen LogP contribution in [-0.2, 0) is 10.8 Å². The Bertz CT molecular complexity index is 581. The summed E-state index contributed by atoms with van der Waals surface area (Å²) in [5.74, 6) is 2.24. The molecule has 1 heterocycles. The van der Waals surface area contributed by atoms with Gasteiger partial charge in [-0.2, -0.15) is 0 Å². The lowest BCUT2D eigenvalue weighted by Gasteiger charge is -2.24. The van der Waals surface area contributed by atoms with E-state index in [1.165, 1.54) is 13.0 Å². The van der Waals surface area contributed by atoms with Crippen molar-refractivity contribution in [3.8, 4) is 0 Å². The van der Waals surface area contributed by atoms with E-state index < -0.39 is 10.8 Å². The molecular weight excluding hydrogens is 471 g/mol. The minimum Gasteiger partial charge on any atom is -0.357 e. The maximum absolute atomic E-state index is 12.3. The molecule has 1 saturated heterocycles. The molecule has 2 unspecified atom stereocenters. The lowest BCUT2D eigenvalue weighted by molar-refractivity contribution is 0.255. The van der Waals surface area contributed by atoms with Gasteiger partial charge in [0.25, 0.3) is 0 Å². The highest BCUT2D eigenvalue weighted by Crippen LogP contribution is 2.17. The monoisotopic (exact) mass is 506 g/mol. The number of guanidine groups is 1. The molecular formula is C20H35IN4OS. The zero-order valence-electron chi connectivity index (χ0n) is 16.9. The summed E-state index contributed by atoms with van der Waals surface area (Å²) in [6.45, 7) is 13.5. The lowest BCUT2D eigenvalue weighted by atomic mass is 10.1. The van der Waals surface area contributed by atoms with Crippen molar-refractivity contribution < 1.29 is 4.21 Å². The summed E-state index contributed by atoms with van der Waals surface area (Å²) < 4.78 is 12.3. The van der Waals surface area contributed by atoms with Crippen molar-refractivity contribution in [2.45, 2.75) is 32.1 Å². The van der Waals surface area contributed by atoms with Crippen LogP contribution in [0.5, 0.6) is 0 Å². The van der Waals surface area contributed by atoms with Crippen LogP contribution in [0.2, 0.25) is 0 Å². The summed E-state index contributed by atoms with van der Waals surface area (Å²) in [7, 11) is -0.983. The van der Waals surface area contributed by atoms with Crippen LogP contribution in [0.4, 0.5) is 0 Å². The van der Waals surface area contributed by atoms with Crippen molar-refractivity contribution in [3.05, 3.63) is 30.3 Å². The van der Waals surface area contributed by atoms with Gasteiger partial charge < -0.3 is 15.1 Å². The van der Waals surface area contributed by atoms with Crippen LogP contribution in [0, 0.1) is 5.92 Å². The first-order valence-electron chi connectivity index (χ1n) is 9.86. The van der Waals surface area contributed by atoms with Gasteiger partial charge >= 0.3 is 0 Å². The van der Waals surface area contributed by atoms with E-state index >= 15 is 0 Å². The molecule has 5 nitrogen and oxygen atoms in total. The third kappa shape index (κ3) is 8.07. The Morgan fingerprint density at radius 2 is 1.96 bits per heavy atom. The molecule has 1 N–H and O–H groups in total. The lowest BCUT2D eigenvalue weighted by Crippen LogP contribution is -2.41. The SMILES string of the molecule is CCNC(=NCCS(=O)c1ccccc1)N1CCC(CN(CC)CC)C1.I. The van der Waals surface area contributed by atoms with E-state index in [9.17, 15) is 4.21 Å².